The van der Waals surface area contributed by atoms with Gasteiger partial charge in [0.2, 0.25) is 0 Å². The monoisotopic (exact) mass is 262 g/mol. The molecule has 0 amide bonds. The number of anilines is 1. The highest BCUT2D eigenvalue weighted by Crippen LogP contribution is 2.26. The molecular formula is C16H26N2O. The second-order valence-corrected chi connectivity index (χ2v) is 6.10. The van der Waals surface area contributed by atoms with Gasteiger partial charge in [0, 0.05) is 6.54 Å². The molecule has 0 radical (unpaired) electrons. The van der Waals surface area contributed by atoms with Gasteiger partial charge >= 0.3 is 0 Å². The molecule has 19 heavy (non-hydrogen) atoms. The van der Waals surface area contributed by atoms with Gasteiger partial charge in [0.25, 0.3) is 0 Å². The minimum absolute atomic E-state index is 0.180. The molecule has 1 aliphatic rings. The van der Waals surface area contributed by atoms with E-state index in [2.05, 4.69) is 18.7 Å². The Kier molecular flexibility index (Phi) is 4.70. The molecule has 1 unspecified atom stereocenters. The maximum absolute atomic E-state index is 9.45. The van der Waals surface area contributed by atoms with Gasteiger partial charge in [-0.15, -0.1) is 0 Å². The summed E-state index contributed by atoms with van der Waals surface area (Å²) in [4.78, 5) is 2.51. The number of benzene rings is 1. The minimum Gasteiger partial charge on any atom is -0.506 e. The smallest absolute Gasteiger partial charge is 0.138 e. The quantitative estimate of drug-likeness (QED) is 0.649. The van der Waals surface area contributed by atoms with Gasteiger partial charge in [0.1, 0.15) is 5.75 Å². The fourth-order valence-electron chi connectivity index (χ4n) is 2.97. The number of phenolic OH excluding ortho intramolecular Hbond substituents is 1. The largest absolute Gasteiger partial charge is 0.506 e. The predicted octanol–water partition coefficient (Wildman–Crippen LogP) is 3.23. The summed E-state index contributed by atoms with van der Waals surface area (Å²) in [5.41, 5.74) is 7.42. The van der Waals surface area contributed by atoms with Gasteiger partial charge in [0.15, 0.2) is 0 Å². The van der Waals surface area contributed by atoms with Crippen LogP contribution in [0.3, 0.4) is 0 Å². The highest BCUT2D eigenvalue weighted by Gasteiger charge is 2.19. The summed E-state index contributed by atoms with van der Waals surface area (Å²) < 4.78 is 0. The van der Waals surface area contributed by atoms with E-state index in [1.807, 2.05) is 12.1 Å². The van der Waals surface area contributed by atoms with Gasteiger partial charge in [-0.1, -0.05) is 19.9 Å². The first-order chi connectivity index (χ1) is 9.06. The number of hydrogen-bond acceptors (Lipinski definition) is 3. The molecule has 3 N–H and O–H groups in total. The molecule has 3 nitrogen and oxygen atoms in total. The highest BCUT2D eigenvalue weighted by molar-refractivity contribution is 5.53. The summed E-state index contributed by atoms with van der Waals surface area (Å²) in [7, 11) is 0. The van der Waals surface area contributed by atoms with Crippen LogP contribution in [0.5, 0.6) is 5.75 Å². The Morgan fingerprint density at radius 3 is 2.79 bits per heavy atom. The van der Waals surface area contributed by atoms with Crippen molar-refractivity contribution >= 4 is 5.69 Å². The van der Waals surface area contributed by atoms with Crippen molar-refractivity contribution in [3.63, 3.8) is 0 Å². The van der Waals surface area contributed by atoms with E-state index in [9.17, 15) is 5.11 Å². The molecule has 2 rings (SSSR count). The topological polar surface area (TPSA) is 49.5 Å². The van der Waals surface area contributed by atoms with Crippen LogP contribution < -0.4 is 5.73 Å². The molecule has 1 heterocycles. The number of rotatable bonds is 3. The third kappa shape index (κ3) is 3.87. The van der Waals surface area contributed by atoms with Crippen LogP contribution in [-0.4, -0.2) is 23.1 Å². The predicted molar refractivity (Wildman–Crippen MR) is 80.0 cm³/mol. The first-order valence-corrected chi connectivity index (χ1v) is 7.36. The molecule has 1 aliphatic heterocycles. The van der Waals surface area contributed by atoms with Crippen LogP contribution in [0.1, 0.15) is 38.7 Å². The number of nitrogens with two attached hydrogens (primary N) is 1. The lowest BCUT2D eigenvalue weighted by atomic mass is 9.89. The van der Waals surface area contributed by atoms with Crippen LogP contribution in [0.2, 0.25) is 0 Å². The normalized spacial score (nSPS) is 21.5. The third-order valence-corrected chi connectivity index (χ3v) is 4.31. The van der Waals surface area contributed by atoms with Crippen molar-refractivity contribution in [2.45, 2.75) is 39.7 Å². The Balaban J connectivity index is 1.94. The van der Waals surface area contributed by atoms with Crippen molar-refractivity contribution in [1.29, 1.82) is 0 Å². The van der Waals surface area contributed by atoms with Gasteiger partial charge in [-0.3, -0.25) is 4.90 Å². The first-order valence-electron chi connectivity index (χ1n) is 7.36. The lowest BCUT2D eigenvalue weighted by Gasteiger charge is -2.21. The summed E-state index contributed by atoms with van der Waals surface area (Å²) in [5.74, 6) is 1.85. The van der Waals surface area contributed by atoms with Crippen LogP contribution in [-0.2, 0) is 6.54 Å². The molecule has 1 aromatic rings. The third-order valence-electron chi connectivity index (χ3n) is 4.31. The zero-order valence-corrected chi connectivity index (χ0v) is 12.1. The van der Waals surface area contributed by atoms with E-state index in [-0.39, 0.29) is 5.75 Å². The van der Waals surface area contributed by atoms with Crippen molar-refractivity contribution < 1.29 is 5.11 Å². The molecule has 1 atom stereocenters. The number of aromatic hydroxyl groups is 1. The maximum Gasteiger partial charge on any atom is 0.138 e. The molecule has 3 heteroatoms. The summed E-state index contributed by atoms with van der Waals surface area (Å²) in [6, 6.07) is 5.55. The Morgan fingerprint density at radius 1 is 1.32 bits per heavy atom. The zero-order chi connectivity index (χ0) is 13.8. The Bertz CT molecular complexity index is 417. The number of nitrogen functional groups attached to an aromatic ring is 1. The number of phenols is 1. The first kappa shape index (κ1) is 14.2. The van der Waals surface area contributed by atoms with E-state index in [0.29, 0.717) is 5.69 Å². The van der Waals surface area contributed by atoms with Crippen molar-refractivity contribution in [2.24, 2.45) is 11.8 Å². The second-order valence-electron chi connectivity index (χ2n) is 6.10. The summed E-state index contributed by atoms with van der Waals surface area (Å²) >= 11 is 0. The molecule has 0 spiro atoms. The van der Waals surface area contributed by atoms with Gasteiger partial charge in [-0.05, 0) is 61.9 Å². The van der Waals surface area contributed by atoms with Crippen LogP contribution >= 0.6 is 0 Å². The van der Waals surface area contributed by atoms with E-state index in [0.717, 1.165) is 18.4 Å². The average molecular weight is 262 g/mol. The maximum atomic E-state index is 9.45. The lowest BCUT2D eigenvalue weighted by Crippen LogP contribution is -2.24. The second kappa shape index (κ2) is 6.29. The lowest BCUT2D eigenvalue weighted by molar-refractivity contribution is 0.265. The van der Waals surface area contributed by atoms with E-state index < -0.39 is 0 Å². The van der Waals surface area contributed by atoms with Gasteiger partial charge < -0.3 is 10.8 Å². The molecule has 1 saturated heterocycles. The number of hydrogen-bond donors (Lipinski definition) is 2. The van der Waals surface area contributed by atoms with Crippen molar-refractivity contribution in [3.05, 3.63) is 23.8 Å². The fraction of sp³-hybridized carbons (Fsp3) is 0.625. The van der Waals surface area contributed by atoms with Crippen molar-refractivity contribution in [3.8, 4) is 5.75 Å². The van der Waals surface area contributed by atoms with Crippen LogP contribution in [0, 0.1) is 11.8 Å². The number of likely N-dealkylation sites (tertiary alicyclic amines) is 1. The van der Waals surface area contributed by atoms with E-state index in [4.69, 9.17) is 5.73 Å². The summed E-state index contributed by atoms with van der Waals surface area (Å²) in [5, 5.41) is 9.45. The molecule has 0 bridgehead atoms. The highest BCUT2D eigenvalue weighted by atomic mass is 16.3. The van der Waals surface area contributed by atoms with Gasteiger partial charge in [0.05, 0.1) is 5.69 Å². The molecule has 0 saturated carbocycles. The zero-order valence-electron chi connectivity index (χ0n) is 12.1. The van der Waals surface area contributed by atoms with Crippen molar-refractivity contribution in [1.82, 2.24) is 4.90 Å². The molecular weight excluding hydrogens is 236 g/mol. The summed E-state index contributed by atoms with van der Waals surface area (Å²) in [6.45, 7) is 7.95. The van der Waals surface area contributed by atoms with Crippen LogP contribution in [0.15, 0.2) is 18.2 Å². The SMILES string of the molecule is CC(C)C1CCCN(Cc2ccc(O)c(N)c2)CC1. The Hall–Kier alpha value is -1.22. The molecule has 0 aromatic heterocycles. The van der Waals surface area contributed by atoms with Gasteiger partial charge in [-0.2, -0.15) is 0 Å². The van der Waals surface area contributed by atoms with Gasteiger partial charge in [-0.25, -0.2) is 0 Å². The van der Waals surface area contributed by atoms with Crippen molar-refractivity contribution in [2.75, 3.05) is 18.8 Å². The minimum atomic E-state index is 0.180. The number of nitrogens with zero attached hydrogens (tertiary/aromatic N) is 1. The Labute approximate surface area is 116 Å². The summed E-state index contributed by atoms with van der Waals surface area (Å²) in [6.07, 6.45) is 3.94. The van der Waals surface area contributed by atoms with E-state index in [1.54, 1.807) is 6.07 Å². The van der Waals surface area contributed by atoms with E-state index in [1.165, 1.54) is 37.9 Å². The van der Waals surface area contributed by atoms with Crippen LogP contribution in [0.25, 0.3) is 0 Å². The molecule has 0 aliphatic carbocycles. The Morgan fingerprint density at radius 2 is 2.11 bits per heavy atom. The standard InChI is InChI=1S/C16H26N2O/c1-12(2)14-4-3-8-18(9-7-14)11-13-5-6-16(19)15(17)10-13/h5-6,10,12,14,19H,3-4,7-9,11,17H2,1-2H3. The molecule has 1 aromatic carbocycles. The molecule has 1 fully saturated rings. The molecule has 106 valence electrons. The fourth-order valence-corrected chi connectivity index (χ4v) is 2.97. The van der Waals surface area contributed by atoms with E-state index >= 15 is 0 Å². The average Bonchev–Trinajstić information content (AvgIpc) is 2.59. The van der Waals surface area contributed by atoms with Crippen LogP contribution in [0.4, 0.5) is 5.69 Å².